The van der Waals surface area contributed by atoms with Gasteiger partial charge in [-0.15, -0.1) is 0 Å². The third-order valence-electron chi connectivity index (χ3n) is 2.40. The molecule has 1 saturated heterocycles. The monoisotopic (exact) mass is 238 g/mol. The number of carbonyl (C=O) groups excluding carboxylic acids is 1. The first-order valence-electron chi connectivity index (χ1n) is 4.95. The molecule has 1 atom stereocenters. The van der Waals surface area contributed by atoms with Gasteiger partial charge >= 0.3 is 12.1 Å². The van der Waals surface area contributed by atoms with E-state index in [9.17, 15) is 14.4 Å². The number of ether oxygens (including phenoxy) is 1. The van der Waals surface area contributed by atoms with Crippen molar-refractivity contribution in [1.82, 2.24) is 9.88 Å². The van der Waals surface area contributed by atoms with Crippen molar-refractivity contribution in [2.75, 3.05) is 6.54 Å². The number of rotatable bonds is 3. The highest BCUT2D eigenvalue weighted by molar-refractivity contribution is 5.85. The summed E-state index contributed by atoms with van der Waals surface area (Å²) in [6.45, 7) is 0.291. The highest BCUT2D eigenvalue weighted by Crippen LogP contribution is 2.05. The zero-order valence-electron chi connectivity index (χ0n) is 8.75. The second-order valence-corrected chi connectivity index (χ2v) is 3.57. The van der Waals surface area contributed by atoms with E-state index < -0.39 is 23.7 Å². The summed E-state index contributed by atoms with van der Waals surface area (Å²) in [6.07, 6.45) is -1.09. The molecule has 0 saturated carbocycles. The maximum atomic E-state index is 11.6. The summed E-state index contributed by atoms with van der Waals surface area (Å²) in [5.41, 5.74) is -0.562. The van der Waals surface area contributed by atoms with Crippen molar-refractivity contribution >= 4 is 12.1 Å². The average molecular weight is 238 g/mol. The number of carboxylic acids is 1. The lowest BCUT2D eigenvalue weighted by Crippen LogP contribution is -2.31. The Hall–Kier alpha value is -2.31. The van der Waals surface area contributed by atoms with Gasteiger partial charge in [0.05, 0.1) is 13.1 Å². The van der Waals surface area contributed by atoms with Crippen molar-refractivity contribution in [3.63, 3.8) is 0 Å². The fourth-order valence-electron chi connectivity index (χ4n) is 1.63. The fraction of sp³-hybridized carbons (Fsp3) is 0.300. The van der Waals surface area contributed by atoms with Crippen LogP contribution in [-0.2, 0) is 11.3 Å². The molecule has 0 aromatic carbocycles. The van der Waals surface area contributed by atoms with Gasteiger partial charge in [-0.3, -0.25) is 9.36 Å². The fourth-order valence-corrected chi connectivity index (χ4v) is 1.63. The molecule has 1 aliphatic heterocycles. The molecule has 1 unspecified atom stereocenters. The van der Waals surface area contributed by atoms with Gasteiger partial charge in [-0.1, -0.05) is 6.07 Å². The van der Waals surface area contributed by atoms with Crippen LogP contribution in [0.25, 0.3) is 0 Å². The molecular formula is C10H10N2O5. The first-order valence-corrected chi connectivity index (χ1v) is 4.95. The van der Waals surface area contributed by atoms with Crippen LogP contribution in [0.15, 0.2) is 23.0 Å². The molecule has 0 bridgehead atoms. The summed E-state index contributed by atoms with van der Waals surface area (Å²) in [5.74, 6) is -1.19. The number of hydrogen-bond acceptors (Lipinski definition) is 4. The predicted molar refractivity (Wildman–Crippen MR) is 55.9 cm³/mol. The molecule has 90 valence electrons. The van der Waals surface area contributed by atoms with Crippen LogP contribution in [-0.4, -0.2) is 34.4 Å². The van der Waals surface area contributed by atoms with Gasteiger partial charge in [0.25, 0.3) is 5.56 Å². The van der Waals surface area contributed by atoms with Crippen molar-refractivity contribution in [2.45, 2.75) is 12.6 Å². The Morgan fingerprint density at radius 3 is 2.88 bits per heavy atom. The number of aromatic carboxylic acids is 1. The van der Waals surface area contributed by atoms with Gasteiger partial charge in [-0.2, -0.15) is 0 Å². The third-order valence-corrected chi connectivity index (χ3v) is 2.40. The van der Waals surface area contributed by atoms with Crippen LogP contribution in [0, 0.1) is 0 Å². The lowest BCUT2D eigenvalue weighted by atomic mass is 10.3. The molecule has 7 heteroatoms. The van der Waals surface area contributed by atoms with Crippen LogP contribution in [0.2, 0.25) is 0 Å². The first-order chi connectivity index (χ1) is 8.08. The van der Waals surface area contributed by atoms with Crippen molar-refractivity contribution < 1.29 is 19.4 Å². The van der Waals surface area contributed by atoms with E-state index >= 15 is 0 Å². The molecule has 0 aliphatic carbocycles. The maximum Gasteiger partial charge on any atom is 0.407 e. The Morgan fingerprint density at radius 1 is 1.53 bits per heavy atom. The molecule has 0 spiro atoms. The van der Waals surface area contributed by atoms with E-state index in [1.54, 1.807) is 0 Å². The average Bonchev–Trinajstić information content (AvgIpc) is 2.67. The Kier molecular flexibility index (Phi) is 2.82. The Bertz CT molecular complexity index is 522. The smallest absolute Gasteiger partial charge is 0.407 e. The number of pyridine rings is 1. The number of amides is 1. The number of alkyl carbamates (subject to hydrolysis) is 1. The van der Waals surface area contributed by atoms with E-state index in [-0.39, 0.29) is 18.8 Å². The summed E-state index contributed by atoms with van der Waals surface area (Å²) in [7, 11) is 0. The van der Waals surface area contributed by atoms with Crippen LogP contribution in [0.3, 0.4) is 0 Å². The lowest BCUT2D eigenvalue weighted by Gasteiger charge is -2.12. The van der Waals surface area contributed by atoms with Gasteiger partial charge in [0.15, 0.2) is 0 Å². The minimum atomic E-state index is -1.19. The lowest BCUT2D eigenvalue weighted by molar-refractivity contribution is 0.0678. The number of carboxylic acid groups (broad SMARTS) is 1. The van der Waals surface area contributed by atoms with Crippen LogP contribution in [0.1, 0.15) is 10.5 Å². The highest BCUT2D eigenvalue weighted by atomic mass is 16.6. The molecule has 7 nitrogen and oxygen atoms in total. The molecule has 1 fully saturated rings. The molecule has 2 heterocycles. The number of carbonyl (C=O) groups is 2. The number of nitrogens with zero attached hydrogens (tertiary/aromatic N) is 1. The van der Waals surface area contributed by atoms with Gasteiger partial charge in [0.1, 0.15) is 11.8 Å². The molecule has 1 amide bonds. The number of aromatic nitrogens is 1. The Labute approximate surface area is 95.6 Å². The topological polar surface area (TPSA) is 97.6 Å². The molecule has 1 aromatic rings. The summed E-state index contributed by atoms with van der Waals surface area (Å²) >= 11 is 0. The summed E-state index contributed by atoms with van der Waals surface area (Å²) in [4.78, 5) is 33.3. The van der Waals surface area contributed by atoms with Crippen LogP contribution in [0.5, 0.6) is 0 Å². The SMILES string of the molecule is O=C1NCC(Cn2c(C(=O)O)cccc2=O)O1. The molecule has 1 aliphatic rings. The second kappa shape index (κ2) is 4.28. The van der Waals surface area contributed by atoms with E-state index in [1.807, 2.05) is 0 Å². The molecule has 17 heavy (non-hydrogen) atoms. The number of cyclic esters (lactones) is 1. The van der Waals surface area contributed by atoms with Crippen molar-refractivity contribution in [2.24, 2.45) is 0 Å². The maximum absolute atomic E-state index is 11.6. The first kappa shape index (κ1) is 11.2. The molecular weight excluding hydrogens is 228 g/mol. The van der Waals surface area contributed by atoms with Crippen molar-refractivity contribution in [3.8, 4) is 0 Å². The highest BCUT2D eigenvalue weighted by Gasteiger charge is 2.24. The van der Waals surface area contributed by atoms with Crippen LogP contribution >= 0.6 is 0 Å². The zero-order chi connectivity index (χ0) is 12.4. The number of hydrogen-bond donors (Lipinski definition) is 2. The van der Waals surface area contributed by atoms with E-state index in [4.69, 9.17) is 9.84 Å². The normalized spacial score (nSPS) is 18.6. The van der Waals surface area contributed by atoms with Gasteiger partial charge in [-0.25, -0.2) is 9.59 Å². The van der Waals surface area contributed by atoms with E-state index in [0.717, 1.165) is 4.57 Å². The van der Waals surface area contributed by atoms with Gasteiger partial charge in [-0.05, 0) is 6.07 Å². The Morgan fingerprint density at radius 2 is 2.29 bits per heavy atom. The van der Waals surface area contributed by atoms with Crippen LogP contribution < -0.4 is 10.9 Å². The zero-order valence-corrected chi connectivity index (χ0v) is 8.75. The summed E-state index contributed by atoms with van der Waals surface area (Å²) in [5, 5.41) is 11.4. The van der Waals surface area contributed by atoms with E-state index in [1.165, 1.54) is 18.2 Å². The van der Waals surface area contributed by atoms with Crippen LogP contribution in [0.4, 0.5) is 4.79 Å². The minimum Gasteiger partial charge on any atom is -0.477 e. The van der Waals surface area contributed by atoms with E-state index in [0.29, 0.717) is 0 Å². The minimum absolute atomic E-state index is 0.0278. The standard InChI is InChI=1S/C10H10N2O5/c13-8-3-1-2-7(9(14)15)12(8)5-6-4-11-10(16)17-6/h1-3,6H,4-5H2,(H,11,16)(H,14,15). The third kappa shape index (κ3) is 2.27. The van der Waals surface area contributed by atoms with Crippen molar-refractivity contribution in [1.29, 1.82) is 0 Å². The van der Waals surface area contributed by atoms with E-state index in [2.05, 4.69) is 5.32 Å². The van der Waals surface area contributed by atoms with Crippen molar-refractivity contribution in [3.05, 3.63) is 34.2 Å². The van der Waals surface area contributed by atoms with Gasteiger partial charge < -0.3 is 15.2 Å². The number of nitrogens with one attached hydrogen (secondary N) is 1. The summed E-state index contributed by atoms with van der Waals surface area (Å²) < 4.78 is 5.93. The van der Waals surface area contributed by atoms with Gasteiger partial charge in [0, 0.05) is 6.07 Å². The van der Waals surface area contributed by atoms with Gasteiger partial charge in [0.2, 0.25) is 0 Å². The molecule has 2 N–H and O–H groups in total. The Balaban J connectivity index is 2.28. The molecule has 1 aromatic heterocycles. The summed E-state index contributed by atoms with van der Waals surface area (Å²) in [6, 6.07) is 3.96. The second-order valence-electron chi connectivity index (χ2n) is 3.57. The quantitative estimate of drug-likeness (QED) is 0.750. The molecule has 2 rings (SSSR count). The largest absolute Gasteiger partial charge is 0.477 e. The molecule has 0 radical (unpaired) electrons. The predicted octanol–water partition coefficient (Wildman–Crippen LogP) is -0.345.